The predicted octanol–water partition coefficient (Wildman–Crippen LogP) is 7.98. The topological polar surface area (TPSA) is 56.7 Å². The first-order chi connectivity index (χ1) is 21.3. The maximum Gasteiger partial charge on any atom is 0.416 e. The summed E-state index contributed by atoms with van der Waals surface area (Å²) in [4.78, 5) is 22.6. The maximum atomic E-state index is 14.3. The number of carboxylic acid groups (broad SMARTS) is 1. The first-order valence-corrected chi connectivity index (χ1v) is 16.7. The number of alkyl halides is 3. The van der Waals surface area contributed by atoms with Gasteiger partial charge in [-0.25, -0.2) is 9.37 Å². The summed E-state index contributed by atoms with van der Waals surface area (Å²) >= 11 is 1.62. The number of piperidine rings is 1. The molecular formula is C35H43F4N3O2S. The summed E-state index contributed by atoms with van der Waals surface area (Å²) in [5.41, 5.74) is 1.92. The van der Waals surface area contributed by atoms with Gasteiger partial charge in [-0.1, -0.05) is 44.2 Å². The lowest BCUT2D eigenvalue weighted by Gasteiger charge is -2.35. The van der Waals surface area contributed by atoms with Gasteiger partial charge in [-0.3, -0.25) is 9.69 Å². The van der Waals surface area contributed by atoms with Gasteiger partial charge in [0.25, 0.3) is 0 Å². The van der Waals surface area contributed by atoms with E-state index in [2.05, 4.69) is 4.90 Å². The molecule has 5 rings (SSSR count). The van der Waals surface area contributed by atoms with E-state index >= 15 is 0 Å². The fourth-order valence-corrected chi connectivity index (χ4v) is 8.86. The van der Waals surface area contributed by atoms with Crippen molar-refractivity contribution < 1.29 is 27.5 Å². The number of hydrogen-bond donors (Lipinski definition) is 1. The molecule has 0 amide bonds. The van der Waals surface area contributed by atoms with Crippen LogP contribution in [0.2, 0.25) is 0 Å². The third-order valence-corrected chi connectivity index (χ3v) is 11.1. The average Bonchev–Trinajstić information content (AvgIpc) is 3.56. The quantitative estimate of drug-likeness (QED) is 0.227. The SMILES string of the molecule is Cc1nc(Cc2cccc(C(F)(F)F)c2)sc1C1CCN(CC2CC(N(C)[C@@H](C(=O)O)C(C)C)CC2c2cccc(F)c2)CC1. The van der Waals surface area contributed by atoms with Crippen LogP contribution in [0.1, 0.15) is 83.6 Å². The number of aliphatic carboxylic acids is 1. The molecule has 2 aromatic carbocycles. The second-order valence-electron chi connectivity index (χ2n) is 13.2. The zero-order valence-electron chi connectivity index (χ0n) is 26.4. The van der Waals surface area contributed by atoms with Gasteiger partial charge in [0.15, 0.2) is 0 Å². The van der Waals surface area contributed by atoms with Gasteiger partial charge in [-0.2, -0.15) is 13.2 Å². The minimum Gasteiger partial charge on any atom is -0.480 e. The van der Waals surface area contributed by atoms with E-state index in [1.54, 1.807) is 29.5 Å². The molecule has 244 valence electrons. The van der Waals surface area contributed by atoms with Crippen molar-refractivity contribution in [1.82, 2.24) is 14.8 Å². The van der Waals surface area contributed by atoms with Crippen molar-refractivity contribution in [3.63, 3.8) is 0 Å². The van der Waals surface area contributed by atoms with Crippen molar-refractivity contribution in [3.8, 4) is 0 Å². The number of thiazole rings is 1. The van der Waals surface area contributed by atoms with Gasteiger partial charge in [0, 0.05) is 23.9 Å². The van der Waals surface area contributed by atoms with Gasteiger partial charge in [0.05, 0.1) is 16.3 Å². The molecule has 1 N–H and O–H groups in total. The van der Waals surface area contributed by atoms with Gasteiger partial charge in [0.1, 0.15) is 11.9 Å². The number of rotatable bonds is 10. The maximum absolute atomic E-state index is 14.3. The van der Waals surface area contributed by atoms with E-state index in [0.29, 0.717) is 17.9 Å². The van der Waals surface area contributed by atoms with Crippen LogP contribution in [-0.2, 0) is 17.4 Å². The lowest BCUT2D eigenvalue weighted by Crippen LogP contribution is -2.47. The number of likely N-dealkylation sites (N-methyl/N-ethyl adjacent to an activating group) is 1. The molecule has 2 heterocycles. The Labute approximate surface area is 267 Å². The van der Waals surface area contributed by atoms with Crippen LogP contribution in [0.4, 0.5) is 17.6 Å². The van der Waals surface area contributed by atoms with Crippen LogP contribution in [0.3, 0.4) is 0 Å². The van der Waals surface area contributed by atoms with Crippen molar-refractivity contribution >= 4 is 17.3 Å². The van der Waals surface area contributed by atoms with Crippen LogP contribution in [0.25, 0.3) is 0 Å². The first kappa shape index (κ1) is 33.5. The van der Waals surface area contributed by atoms with Crippen molar-refractivity contribution in [1.29, 1.82) is 0 Å². The Morgan fingerprint density at radius 2 is 1.82 bits per heavy atom. The average molecular weight is 646 g/mol. The number of carboxylic acids is 1. The minimum atomic E-state index is -4.37. The summed E-state index contributed by atoms with van der Waals surface area (Å²) < 4.78 is 53.8. The third-order valence-electron chi connectivity index (χ3n) is 9.78. The van der Waals surface area contributed by atoms with Crippen molar-refractivity contribution in [2.75, 3.05) is 26.7 Å². The van der Waals surface area contributed by atoms with Gasteiger partial charge in [0.2, 0.25) is 0 Å². The molecule has 1 aromatic heterocycles. The molecule has 10 heteroatoms. The Morgan fingerprint density at radius 1 is 1.11 bits per heavy atom. The summed E-state index contributed by atoms with van der Waals surface area (Å²) in [5.74, 6) is -0.299. The monoisotopic (exact) mass is 645 g/mol. The van der Waals surface area contributed by atoms with Gasteiger partial charge in [-0.15, -0.1) is 11.3 Å². The van der Waals surface area contributed by atoms with E-state index in [9.17, 15) is 27.5 Å². The van der Waals surface area contributed by atoms with Crippen LogP contribution in [0, 0.1) is 24.6 Å². The number of halogens is 4. The number of hydrogen-bond acceptors (Lipinski definition) is 5. The predicted molar refractivity (Wildman–Crippen MR) is 169 cm³/mol. The van der Waals surface area contributed by atoms with Gasteiger partial charge < -0.3 is 10.0 Å². The van der Waals surface area contributed by atoms with Crippen LogP contribution in [0.15, 0.2) is 48.5 Å². The molecule has 4 atom stereocenters. The van der Waals surface area contributed by atoms with Crippen molar-refractivity contribution in [2.45, 2.75) is 83.0 Å². The zero-order chi connectivity index (χ0) is 32.5. The summed E-state index contributed by atoms with van der Waals surface area (Å²) in [6.07, 6.45) is -0.377. The highest BCUT2D eigenvalue weighted by atomic mass is 32.1. The molecule has 2 fully saturated rings. The number of nitrogens with zero attached hydrogens (tertiary/aromatic N) is 3. The molecule has 1 aliphatic heterocycles. The minimum absolute atomic E-state index is 0.0287. The third kappa shape index (κ3) is 7.95. The second kappa shape index (κ2) is 13.9. The first-order valence-electron chi connectivity index (χ1n) is 15.8. The normalized spacial score (nSPS) is 22.4. The second-order valence-corrected chi connectivity index (χ2v) is 14.4. The Kier molecular flexibility index (Phi) is 10.4. The summed E-state index contributed by atoms with van der Waals surface area (Å²) in [6.45, 7) is 8.58. The molecule has 45 heavy (non-hydrogen) atoms. The van der Waals surface area contributed by atoms with Crippen LogP contribution >= 0.6 is 11.3 Å². The molecule has 0 bridgehead atoms. The molecule has 1 saturated carbocycles. The van der Waals surface area contributed by atoms with Gasteiger partial charge in [-0.05, 0) is 106 Å². The lowest BCUT2D eigenvalue weighted by molar-refractivity contribution is -0.145. The lowest BCUT2D eigenvalue weighted by atomic mass is 9.87. The zero-order valence-corrected chi connectivity index (χ0v) is 27.2. The number of carbonyl (C=O) groups is 1. The Balaban J connectivity index is 1.24. The molecule has 0 radical (unpaired) electrons. The number of likely N-dealkylation sites (tertiary alicyclic amines) is 1. The highest BCUT2D eigenvalue weighted by Crippen LogP contribution is 2.44. The molecule has 2 aliphatic rings. The summed E-state index contributed by atoms with van der Waals surface area (Å²) in [5, 5.41) is 10.8. The number of aryl methyl sites for hydroxylation is 1. The molecule has 0 spiro atoms. The fourth-order valence-electron chi connectivity index (χ4n) is 7.59. The van der Waals surface area contributed by atoms with E-state index in [1.165, 1.54) is 23.1 Å². The number of aromatic nitrogens is 1. The molecule has 3 unspecified atom stereocenters. The largest absolute Gasteiger partial charge is 0.480 e. The summed E-state index contributed by atoms with van der Waals surface area (Å²) in [6, 6.07) is 11.9. The van der Waals surface area contributed by atoms with Crippen molar-refractivity contribution in [3.05, 3.63) is 86.6 Å². The van der Waals surface area contributed by atoms with Crippen molar-refractivity contribution in [2.24, 2.45) is 11.8 Å². The van der Waals surface area contributed by atoms with E-state index in [1.807, 2.05) is 38.8 Å². The Bertz CT molecular complexity index is 1470. The molecule has 1 aliphatic carbocycles. The molecule has 5 nitrogen and oxygen atoms in total. The van der Waals surface area contributed by atoms with Crippen LogP contribution < -0.4 is 0 Å². The Hall–Kier alpha value is -2.82. The molecule has 3 aromatic rings. The van der Waals surface area contributed by atoms with Crippen LogP contribution in [0.5, 0.6) is 0 Å². The van der Waals surface area contributed by atoms with E-state index in [4.69, 9.17) is 4.98 Å². The fraction of sp³-hybridized carbons (Fsp3) is 0.543. The molecular weight excluding hydrogens is 602 g/mol. The smallest absolute Gasteiger partial charge is 0.416 e. The highest BCUT2D eigenvalue weighted by Gasteiger charge is 2.42. The van der Waals surface area contributed by atoms with E-state index < -0.39 is 23.8 Å². The Morgan fingerprint density at radius 3 is 2.47 bits per heavy atom. The van der Waals surface area contributed by atoms with Crippen LogP contribution in [-0.4, -0.2) is 64.6 Å². The molecule has 1 saturated heterocycles. The summed E-state index contributed by atoms with van der Waals surface area (Å²) in [7, 11) is 1.92. The number of benzene rings is 2. The van der Waals surface area contributed by atoms with E-state index in [-0.39, 0.29) is 29.6 Å². The van der Waals surface area contributed by atoms with E-state index in [0.717, 1.165) is 67.6 Å². The standard InChI is InChI=1S/C35H43F4N3O2S/c1-21(2)32(34(43)44)41(4)29-18-26(30(19-29)25-8-6-10-28(36)17-25)20-42-13-11-24(12-14-42)33-22(3)40-31(45-33)16-23-7-5-9-27(15-23)35(37,38)39/h5-10,15,17,21,24,26,29-30,32H,11-14,16,18-20H2,1-4H3,(H,43,44)/t26?,29?,30?,32-/m1/s1. The highest BCUT2D eigenvalue weighted by molar-refractivity contribution is 7.11. The van der Waals surface area contributed by atoms with Gasteiger partial charge >= 0.3 is 12.1 Å².